The standard InChI is InChI=1S/C21H31N3O4S/c1-15(2)23-29(27,28)14-17-8-4-3-7-16(17)12-22-21(26)18-11-20(25)24(13-18)19-9-5-6-10-19/h3-4,7-8,15,18-19,23H,5-6,9-14H2,1-2H3,(H,22,26). The van der Waals surface area contributed by atoms with Crippen LogP contribution in [0.1, 0.15) is 57.1 Å². The number of nitrogens with one attached hydrogen (secondary N) is 2. The summed E-state index contributed by atoms with van der Waals surface area (Å²) < 4.78 is 27.1. The smallest absolute Gasteiger partial charge is 0.225 e. The molecule has 1 aliphatic heterocycles. The van der Waals surface area contributed by atoms with Crippen LogP contribution in [0.15, 0.2) is 24.3 Å². The van der Waals surface area contributed by atoms with E-state index in [4.69, 9.17) is 0 Å². The van der Waals surface area contributed by atoms with Crippen LogP contribution in [-0.2, 0) is 31.9 Å². The van der Waals surface area contributed by atoms with Crippen molar-refractivity contribution < 1.29 is 18.0 Å². The number of rotatable bonds is 8. The highest BCUT2D eigenvalue weighted by Crippen LogP contribution is 2.29. The summed E-state index contributed by atoms with van der Waals surface area (Å²) in [5.41, 5.74) is 1.43. The maximum Gasteiger partial charge on any atom is 0.225 e. The third-order valence-electron chi connectivity index (χ3n) is 5.63. The van der Waals surface area contributed by atoms with Gasteiger partial charge in [0.2, 0.25) is 21.8 Å². The molecule has 1 saturated carbocycles. The molecule has 0 radical (unpaired) electrons. The lowest BCUT2D eigenvalue weighted by Gasteiger charge is -2.23. The molecule has 3 rings (SSSR count). The minimum Gasteiger partial charge on any atom is -0.352 e. The normalized spacial score (nSPS) is 20.6. The van der Waals surface area contributed by atoms with Crippen molar-refractivity contribution in [1.82, 2.24) is 14.9 Å². The fourth-order valence-electron chi connectivity index (χ4n) is 4.28. The molecule has 8 heteroatoms. The quantitative estimate of drug-likeness (QED) is 0.670. The summed E-state index contributed by atoms with van der Waals surface area (Å²) in [5.74, 6) is -0.532. The first-order chi connectivity index (χ1) is 13.7. The molecule has 2 aliphatic rings. The number of likely N-dealkylation sites (tertiary alicyclic amines) is 1. The average Bonchev–Trinajstić information content (AvgIpc) is 3.28. The summed E-state index contributed by atoms with van der Waals surface area (Å²) in [7, 11) is -3.45. The SMILES string of the molecule is CC(C)NS(=O)(=O)Cc1ccccc1CNC(=O)C1CC(=O)N(C2CCCC2)C1. The fourth-order valence-corrected chi connectivity index (χ4v) is 5.77. The molecule has 160 valence electrons. The molecular weight excluding hydrogens is 390 g/mol. The zero-order valence-electron chi connectivity index (χ0n) is 17.2. The van der Waals surface area contributed by atoms with Gasteiger partial charge in [0.15, 0.2) is 0 Å². The maximum atomic E-state index is 12.6. The minimum absolute atomic E-state index is 0.0725. The Hall–Kier alpha value is -1.93. The van der Waals surface area contributed by atoms with E-state index in [1.165, 1.54) is 0 Å². The Morgan fingerprint density at radius 3 is 2.48 bits per heavy atom. The Balaban J connectivity index is 1.59. The Morgan fingerprint density at radius 2 is 1.83 bits per heavy atom. The van der Waals surface area contributed by atoms with E-state index in [0.717, 1.165) is 31.2 Å². The van der Waals surface area contributed by atoms with E-state index in [0.29, 0.717) is 18.2 Å². The molecule has 29 heavy (non-hydrogen) atoms. The van der Waals surface area contributed by atoms with Crippen LogP contribution >= 0.6 is 0 Å². The third-order valence-corrected chi connectivity index (χ3v) is 7.15. The molecule has 0 aromatic heterocycles. The Morgan fingerprint density at radius 1 is 1.17 bits per heavy atom. The Labute approximate surface area is 173 Å². The van der Waals surface area contributed by atoms with Gasteiger partial charge in [-0.25, -0.2) is 13.1 Å². The van der Waals surface area contributed by atoms with Crippen molar-refractivity contribution in [2.75, 3.05) is 6.54 Å². The second kappa shape index (κ2) is 9.26. The van der Waals surface area contributed by atoms with E-state index in [2.05, 4.69) is 10.0 Å². The zero-order valence-corrected chi connectivity index (χ0v) is 18.0. The summed E-state index contributed by atoms with van der Waals surface area (Å²) in [5, 5.41) is 2.91. The van der Waals surface area contributed by atoms with Gasteiger partial charge in [0.25, 0.3) is 0 Å². The van der Waals surface area contributed by atoms with Crippen molar-refractivity contribution in [2.45, 2.75) is 70.3 Å². The first-order valence-corrected chi connectivity index (χ1v) is 12.0. The molecule has 1 atom stereocenters. The van der Waals surface area contributed by atoms with Crippen molar-refractivity contribution >= 4 is 21.8 Å². The van der Waals surface area contributed by atoms with E-state index in [9.17, 15) is 18.0 Å². The number of sulfonamides is 1. The molecule has 2 amide bonds. The van der Waals surface area contributed by atoms with Crippen LogP contribution in [0.2, 0.25) is 0 Å². The molecule has 2 fully saturated rings. The van der Waals surface area contributed by atoms with Gasteiger partial charge in [-0.3, -0.25) is 9.59 Å². The largest absolute Gasteiger partial charge is 0.352 e. The molecule has 7 nitrogen and oxygen atoms in total. The van der Waals surface area contributed by atoms with Gasteiger partial charge in [-0.05, 0) is 37.8 Å². The highest BCUT2D eigenvalue weighted by atomic mass is 32.2. The predicted molar refractivity (Wildman–Crippen MR) is 111 cm³/mol. The average molecular weight is 422 g/mol. The zero-order chi connectivity index (χ0) is 21.0. The molecular formula is C21H31N3O4S. The van der Waals surface area contributed by atoms with Crippen LogP contribution in [-0.4, -0.2) is 43.8 Å². The molecule has 0 spiro atoms. The molecule has 1 aromatic carbocycles. The lowest BCUT2D eigenvalue weighted by atomic mass is 10.1. The summed E-state index contributed by atoms with van der Waals surface area (Å²) in [4.78, 5) is 26.9. The topological polar surface area (TPSA) is 95.6 Å². The van der Waals surface area contributed by atoms with Crippen LogP contribution in [0.5, 0.6) is 0 Å². The number of amides is 2. The monoisotopic (exact) mass is 421 g/mol. The summed E-state index contributed by atoms with van der Waals surface area (Å²) in [6, 6.07) is 7.33. The number of carbonyl (C=O) groups is 2. The molecule has 0 bridgehead atoms. The molecule has 1 unspecified atom stereocenters. The van der Waals surface area contributed by atoms with Gasteiger partial charge in [0.1, 0.15) is 0 Å². The van der Waals surface area contributed by atoms with Crippen LogP contribution < -0.4 is 10.0 Å². The Bertz CT molecular complexity index is 847. The second-order valence-electron chi connectivity index (χ2n) is 8.40. The lowest BCUT2D eigenvalue weighted by molar-refractivity contribution is -0.130. The van der Waals surface area contributed by atoms with Gasteiger partial charge in [-0.2, -0.15) is 0 Å². The van der Waals surface area contributed by atoms with E-state index < -0.39 is 10.0 Å². The molecule has 1 aromatic rings. The first kappa shape index (κ1) is 21.8. The number of hydrogen-bond acceptors (Lipinski definition) is 4. The van der Waals surface area contributed by atoms with Crippen molar-refractivity contribution in [1.29, 1.82) is 0 Å². The van der Waals surface area contributed by atoms with E-state index in [1.807, 2.05) is 17.0 Å². The van der Waals surface area contributed by atoms with E-state index in [1.54, 1.807) is 26.0 Å². The van der Waals surface area contributed by atoms with Gasteiger partial charge in [0.05, 0.1) is 11.7 Å². The highest BCUT2D eigenvalue weighted by molar-refractivity contribution is 7.88. The number of benzene rings is 1. The van der Waals surface area contributed by atoms with E-state index in [-0.39, 0.29) is 42.5 Å². The van der Waals surface area contributed by atoms with Gasteiger partial charge in [-0.1, -0.05) is 37.1 Å². The highest BCUT2D eigenvalue weighted by Gasteiger charge is 2.38. The van der Waals surface area contributed by atoms with Crippen LogP contribution in [0.4, 0.5) is 0 Å². The van der Waals surface area contributed by atoms with Crippen LogP contribution in [0, 0.1) is 5.92 Å². The summed E-state index contributed by atoms with van der Waals surface area (Å²) in [6.45, 7) is 4.30. The summed E-state index contributed by atoms with van der Waals surface area (Å²) >= 11 is 0. The van der Waals surface area contributed by atoms with Gasteiger partial charge in [0, 0.05) is 31.6 Å². The minimum atomic E-state index is -3.45. The van der Waals surface area contributed by atoms with E-state index >= 15 is 0 Å². The molecule has 2 N–H and O–H groups in total. The predicted octanol–water partition coefficient (Wildman–Crippen LogP) is 1.92. The van der Waals surface area contributed by atoms with Gasteiger partial charge < -0.3 is 10.2 Å². The number of nitrogens with zero attached hydrogens (tertiary/aromatic N) is 1. The van der Waals surface area contributed by atoms with Crippen molar-refractivity contribution in [2.24, 2.45) is 5.92 Å². The van der Waals surface area contributed by atoms with Crippen molar-refractivity contribution in [3.63, 3.8) is 0 Å². The van der Waals surface area contributed by atoms with Crippen molar-refractivity contribution in [3.05, 3.63) is 35.4 Å². The van der Waals surface area contributed by atoms with Gasteiger partial charge >= 0.3 is 0 Å². The Kier molecular flexibility index (Phi) is 6.95. The maximum absolute atomic E-state index is 12.6. The number of hydrogen-bond donors (Lipinski definition) is 2. The fraction of sp³-hybridized carbons (Fsp3) is 0.619. The van der Waals surface area contributed by atoms with Crippen LogP contribution in [0.3, 0.4) is 0 Å². The summed E-state index contributed by atoms with van der Waals surface area (Å²) in [6.07, 6.45) is 4.63. The lowest BCUT2D eigenvalue weighted by Crippen LogP contribution is -2.37. The molecule has 1 aliphatic carbocycles. The first-order valence-electron chi connectivity index (χ1n) is 10.4. The van der Waals surface area contributed by atoms with Gasteiger partial charge in [-0.15, -0.1) is 0 Å². The second-order valence-corrected chi connectivity index (χ2v) is 10.2. The number of carbonyl (C=O) groups excluding carboxylic acids is 2. The molecule has 1 saturated heterocycles. The molecule has 1 heterocycles. The van der Waals surface area contributed by atoms with Crippen molar-refractivity contribution in [3.8, 4) is 0 Å². The third kappa shape index (κ3) is 5.79. The van der Waals surface area contributed by atoms with Crippen LogP contribution in [0.25, 0.3) is 0 Å².